The Bertz CT molecular complexity index is 1070. The molecule has 0 aliphatic carbocycles. The van der Waals surface area contributed by atoms with E-state index in [0.29, 0.717) is 21.6 Å². The first-order chi connectivity index (χ1) is 13.4. The van der Waals surface area contributed by atoms with Gasteiger partial charge in [0.05, 0.1) is 0 Å². The summed E-state index contributed by atoms with van der Waals surface area (Å²) in [5.41, 5.74) is 1.23. The SMILES string of the molecule is CCN(CC)c1nc2ncn(CC(=O)Nc3ccc(C(C)=O)cc3)c(=O)c2s1. The van der Waals surface area contributed by atoms with Crippen LogP contribution < -0.4 is 15.8 Å². The van der Waals surface area contributed by atoms with Crippen LogP contribution in [0.15, 0.2) is 35.4 Å². The number of ketones is 1. The number of fused-ring (bicyclic) bond motifs is 1. The molecule has 0 radical (unpaired) electrons. The number of carbonyl (C=O) groups is 2. The van der Waals surface area contributed by atoms with E-state index in [4.69, 9.17) is 0 Å². The van der Waals surface area contributed by atoms with E-state index in [1.807, 2.05) is 18.7 Å². The monoisotopic (exact) mass is 399 g/mol. The topological polar surface area (TPSA) is 97.2 Å². The number of rotatable bonds is 7. The zero-order chi connectivity index (χ0) is 20.3. The number of anilines is 2. The van der Waals surface area contributed by atoms with Gasteiger partial charge in [0.25, 0.3) is 5.56 Å². The van der Waals surface area contributed by atoms with E-state index in [0.717, 1.165) is 18.2 Å². The van der Waals surface area contributed by atoms with Crippen molar-refractivity contribution in [1.29, 1.82) is 0 Å². The fourth-order valence-electron chi connectivity index (χ4n) is 2.72. The molecule has 0 aliphatic rings. The van der Waals surface area contributed by atoms with E-state index >= 15 is 0 Å². The average Bonchev–Trinajstić information content (AvgIpc) is 3.10. The highest BCUT2D eigenvalue weighted by atomic mass is 32.1. The number of nitrogens with one attached hydrogen (secondary N) is 1. The standard InChI is InChI=1S/C19H21N5O3S/c1-4-23(5-2)19-22-17-16(28-19)18(27)24(11-20-17)10-15(26)21-14-8-6-13(7-9-14)12(3)25/h6-9,11H,4-5,10H2,1-3H3,(H,21,26). The van der Waals surface area contributed by atoms with Crippen LogP contribution in [0.5, 0.6) is 0 Å². The zero-order valence-corrected chi connectivity index (χ0v) is 16.7. The summed E-state index contributed by atoms with van der Waals surface area (Å²) < 4.78 is 1.70. The highest BCUT2D eigenvalue weighted by Crippen LogP contribution is 2.24. The number of amides is 1. The van der Waals surface area contributed by atoms with E-state index in [2.05, 4.69) is 15.3 Å². The van der Waals surface area contributed by atoms with Gasteiger partial charge in [0.1, 0.15) is 17.6 Å². The minimum absolute atomic E-state index is 0.0440. The van der Waals surface area contributed by atoms with Crippen molar-refractivity contribution < 1.29 is 9.59 Å². The lowest BCUT2D eigenvalue weighted by Crippen LogP contribution is -2.27. The molecular weight excluding hydrogens is 378 g/mol. The van der Waals surface area contributed by atoms with Crippen molar-refractivity contribution in [1.82, 2.24) is 14.5 Å². The zero-order valence-electron chi connectivity index (χ0n) is 15.9. The normalized spacial score (nSPS) is 10.8. The van der Waals surface area contributed by atoms with Gasteiger partial charge < -0.3 is 10.2 Å². The van der Waals surface area contributed by atoms with Gasteiger partial charge in [0.15, 0.2) is 16.6 Å². The van der Waals surface area contributed by atoms with Crippen LogP contribution in [0.25, 0.3) is 10.3 Å². The summed E-state index contributed by atoms with van der Waals surface area (Å²) in [6.07, 6.45) is 1.34. The quantitative estimate of drug-likeness (QED) is 0.613. The summed E-state index contributed by atoms with van der Waals surface area (Å²) in [5, 5.41) is 3.46. The first-order valence-electron chi connectivity index (χ1n) is 8.94. The van der Waals surface area contributed by atoms with Gasteiger partial charge in [0, 0.05) is 24.3 Å². The maximum Gasteiger partial charge on any atom is 0.273 e. The molecule has 0 saturated carbocycles. The van der Waals surface area contributed by atoms with Crippen molar-refractivity contribution in [3.63, 3.8) is 0 Å². The Morgan fingerprint density at radius 3 is 2.46 bits per heavy atom. The summed E-state index contributed by atoms with van der Waals surface area (Å²) in [7, 11) is 0. The molecule has 2 heterocycles. The Labute approximate surface area is 165 Å². The van der Waals surface area contributed by atoms with Crippen LogP contribution in [-0.2, 0) is 11.3 Å². The Hall–Kier alpha value is -3.07. The molecule has 0 saturated heterocycles. The Kier molecular flexibility index (Phi) is 5.84. The molecule has 0 fully saturated rings. The molecule has 28 heavy (non-hydrogen) atoms. The molecule has 1 N–H and O–H groups in total. The lowest BCUT2D eigenvalue weighted by molar-refractivity contribution is -0.116. The van der Waals surface area contributed by atoms with Crippen molar-refractivity contribution in [3.8, 4) is 0 Å². The largest absolute Gasteiger partial charge is 0.349 e. The fraction of sp³-hybridized carbons (Fsp3) is 0.316. The maximum atomic E-state index is 12.7. The van der Waals surface area contributed by atoms with Gasteiger partial charge in [-0.25, -0.2) is 4.98 Å². The van der Waals surface area contributed by atoms with Gasteiger partial charge in [0.2, 0.25) is 5.91 Å². The van der Waals surface area contributed by atoms with Gasteiger partial charge >= 0.3 is 0 Å². The summed E-state index contributed by atoms with van der Waals surface area (Å²) >= 11 is 1.29. The minimum atomic E-state index is -0.354. The van der Waals surface area contributed by atoms with Gasteiger partial charge in [-0.15, -0.1) is 0 Å². The second-order valence-electron chi connectivity index (χ2n) is 6.18. The van der Waals surface area contributed by atoms with E-state index < -0.39 is 0 Å². The molecule has 1 amide bonds. The minimum Gasteiger partial charge on any atom is -0.349 e. The predicted octanol–water partition coefficient (Wildman–Crippen LogP) is 2.54. The van der Waals surface area contributed by atoms with Gasteiger partial charge in [-0.1, -0.05) is 11.3 Å². The number of carbonyl (C=O) groups excluding carboxylic acids is 2. The van der Waals surface area contributed by atoms with Crippen molar-refractivity contribution in [3.05, 3.63) is 46.5 Å². The molecule has 1 aromatic carbocycles. The van der Waals surface area contributed by atoms with Crippen LogP contribution in [0.1, 0.15) is 31.1 Å². The molecule has 3 aromatic rings. The van der Waals surface area contributed by atoms with Crippen LogP contribution in [0.3, 0.4) is 0 Å². The molecule has 9 heteroatoms. The van der Waals surface area contributed by atoms with Crippen LogP contribution in [0.4, 0.5) is 10.8 Å². The Morgan fingerprint density at radius 1 is 1.18 bits per heavy atom. The molecule has 0 bridgehead atoms. The summed E-state index contributed by atoms with van der Waals surface area (Å²) in [5.74, 6) is -0.398. The smallest absolute Gasteiger partial charge is 0.273 e. The molecule has 8 nitrogen and oxygen atoms in total. The van der Waals surface area contributed by atoms with Gasteiger partial charge in [-0.2, -0.15) is 4.98 Å². The van der Waals surface area contributed by atoms with E-state index in [1.165, 1.54) is 29.2 Å². The molecule has 0 unspecified atom stereocenters. The average molecular weight is 399 g/mol. The van der Waals surface area contributed by atoms with Crippen molar-refractivity contribution >= 4 is 44.2 Å². The lowest BCUT2D eigenvalue weighted by atomic mass is 10.1. The second-order valence-corrected chi connectivity index (χ2v) is 7.16. The highest BCUT2D eigenvalue weighted by Gasteiger charge is 2.15. The highest BCUT2D eigenvalue weighted by molar-refractivity contribution is 7.22. The van der Waals surface area contributed by atoms with Crippen molar-refractivity contribution in [2.75, 3.05) is 23.3 Å². The van der Waals surface area contributed by atoms with Gasteiger partial charge in [-0.05, 0) is 45.0 Å². The molecule has 0 aliphatic heterocycles. The fourth-order valence-corrected chi connectivity index (χ4v) is 3.82. The van der Waals surface area contributed by atoms with Crippen molar-refractivity contribution in [2.24, 2.45) is 0 Å². The Morgan fingerprint density at radius 2 is 1.86 bits per heavy atom. The van der Waals surface area contributed by atoms with Crippen LogP contribution >= 0.6 is 11.3 Å². The summed E-state index contributed by atoms with van der Waals surface area (Å²) in [6.45, 7) is 6.94. The van der Waals surface area contributed by atoms with Crippen molar-refractivity contribution in [2.45, 2.75) is 27.3 Å². The maximum absolute atomic E-state index is 12.7. The van der Waals surface area contributed by atoms with E-state index in [1.54, 1.807) is 24.3 Å². The number of hydrogen-bond donors (Lipinski definition) is 1. The van der Waals surface area contributed by atoms with E-state index in [-0.39, 0.29) is 23.8 Å². The number of thiazole rings is 1. The summed E-state index contributed by atoms with van der Waals surface area (Å²) in [6, 6.07) is 6.59. The van der Waals surface area contributed by atoms with Crippen LogP contribution in [-0.4, -0.2) is 39.3 Å². The summed E-state index contributed by atoms with van der Waals surface area (Å²) in [4.78, 5) is 47.0. The third-order valence-corrected chi connectivity index (χ3v) is 5.39. The molecule has 3 rings (SSSR count). The first-order valence-corrected chi connectivity index (χ1v) is 9.76. The van der Waals surface area contributed by atoms with Gasteiger partial charge in [-0.3, -0.25) is 19.0 Å². The molecule has 0 atom stereocenters. The molecular formula is C19H21N5O3S. The number of Topliss-reactive ketones (excluding diaryl/α,β-unsaturated/α-hetero) is 1. The number of aromatic nitrogens is 3. The van der Waals surface area contributed by atoms with Crippen LogP contribution in [0.2, 0.25) is 0 Å². The lowest BCUT2D eigenvalue weighted by Gasteiger charge is -2.15. The third kappa shape index (κ3) is 4.09. The number of nitrogens with zero attached hydrogens (tertiary/aromatic N) is 4. The third-order valence-electron chi connectivity index (χ3n) is 4.30. The number of benzene rings is 1. The molecule has 2 aromatic heterocycles. The number of hydrogen-bond acceptors (Lipinski definition) is 7. The van der Waals surface area contributed by atoms with Crippen LogP contribution in [0, 0.1) is 0 Å². The molecule has 146 valence electrons. The predicted molar refractivity (Wildman–Crippen MR) is 110 cm³/mol. The van der Waals surface area contributed by atoms with E-state index in [9.17, 15) is 14.4 Å². The Balaban J connectivity index is 1.78. The molecule has 0 spiro atoms. The first kappa shape index (κ1) is 19.7. The second kappa shape index (κ2) is 8.30.